The summed E-state index contributed by atoms with van der Waals surface area (Å²) in [5, 5.41) is 0. The third-order valence-electron chi connectivity index (χ3n) is 3.09. The van der Waals surface area contributed by atoms with Gasteiger partial charge in [0.05, 0.1) is 5.56 Å². The van der Waals surface area contributed by atoms with Crippen LogP contribution in [-0.2, 0) is 0 Å². The second-order valence-corrected chi connectivity index (χ2v) is 4.98. The lowest BCUT2D eigenvalue weighted by Gasteiger charge is -2.10. The Morgan fingerprint density at radius 2 is 1.42 bits per heavy atom. The molecule has 0 fully saturated rings. The molecule has 0 bridgehead atoms. The van der Waals surface area contributed by atoms with E-state index in [2.05, 4.69) is 6.07 Å². The number of benzene rings is 2. The average Bonchev–Trinajstić information content (AvgIpc) is 2.26. The molecule has 0 aliphatic carbocycles. The molecule has 2 nitrogen and oxygen atoms in total. The Hall–Kier alpha value is -2.09. The van der Waals surface area contributed by atoms with E-state index >= 15 is 0 Å². The van der Waals surface area contributed by atoms with Gasteiger partial charge in [-0.15, -0.1) is 0 Å². The molecule has 0 aromatic heterocycles. The van der Waals surface area contributed by atoms with Crippen molar-refractivity contribution < 1.29 is 9.53 Å². The second kappa shape index (κ2) is 5.27. The first-order valence-corrected chi connectivity index (χ1v) is 6.34. The number of rotatable bonds is 2. The van der Waals surface area contributed by atoms with Gasteiger partial charge in [-0.2, -0.15) is 0 Å². The first-order valence-electron chi connectivity index (χ1n) is 6.34. The molecule has 0 saturated heterocycles. The molecule has 0 radical (unpaired) electrons. The summed E-state index contributed by atoms with van der Waals surface area (Å²) < 4.78 is 5.48. The van der Waals surface area contributed by atoms with Crippen LogP contribution in [0.5, 0.6) is 5.75 Å². The molecule has 0 atom stereocenters. The fraction of sp³-hybridized carbons (Fsp3) is 0.235. The Morgan fingerprint density at radius 1 is 0.895 bits per heavy atom. The molecule has 0 N–H and O–H groups in total. The molecule has 2 heteroatoms. The van der Waals surface area contributed by atoms with Crippen molar-refractivity contribution >= 4 is 5.97 Å². The van der Waals surface area contributed by atoms with E-state index in [1.54, 1.807) is 0 Å². The Balaban J connectivity index is 2.31. The summed E-state index contributed by atoms with van der Waals surface area (Å²) in [6, 6.07) is 11.6. The maximum Gasteiger partial charge on any atom is 0.344 e. The largest absolute Gasteiger partial charge is 0.423 e. The van der Waals surface area contributed by atoms with Gasteiger partial charge in [0.1, 0.15) is 5.75 Å². The molecule has 2 rings (SSSR count). The molecule has 0 saturated carbocycles. The molecule has 0 unspecified atom stereocenters. The maximum absolute atomic E-state index is 12.3. The first-order chi connectivity index (χ1) is 8.97. The lowest BCUT2D eigenvalue weighted by atomic mass is 10.0. The molecule has 0 aliphatic heterocycles. The smallest absolute Gasteiger partial charge is 0.344 e. The number of ether oxygens (including phenoxy) is 1. The summed E-state index contributed by atoms with van der Waals surface area (Å²) in [6.07, 6.45) is 0. The van der Waals surface area contributed by atoms with Gasteiger partial charge in [-0.05, 0) is 62.1 Å². The van der Waals surface area contributed by atoms with E-state index in [4.69, 9.17) is 4.74 Å². The Bertz CT molecular complexity index is 587. The van der Waals surface area contributed by atoms with Crippen LogP contribution in [0.15, 0.2) is 36.4 Å². The van der Waals surface area contributed by atoms with E-state index in [1.165, 1.54) is 0 Å². The van der Waals surface area contributed by atoms with Gasteiger partial charge in [0.2, 0.25) is 0 Å². The van der Waals surface area contributed by atoms with E-state index in [1.807, 2.05) is 58.0 Å². The van der Waals surface area contributed by atoms with Crippen LogP contribution in [0.25, 0.3) is 0 Å². The highest BCUT2D eigenvalue weighted by Crippen LogP contribution is 2.20. The van der Waals surface area contributed by atoms with Gasteiger partial charge in [-0.1, -0.05) is 24.3 Å². The lowest BCUT2D eigenvalue weighted by Crippen LogP contribution is -2.12. The molecule has 2 aromatic carbocycles. The summed E-state index contributed by atoms with van der Waals surface area (Å²) in [6.45, 7) is 7.82. The van der Waals surface area contributed by atoms with Crippen LogP contribution in [-0.4, -0.2) is 5.97 Å². The number of hydrogen-bond donors (Lipinski definition) is 0. The zero-order chi connectivity index (χ0) is 14.0. The van der Waals surface area contributed by atoms with Gasteiger partial charge >= 0.3 is 5.97 Å². The number of esters is 1. The lowest BCUT2D eigenvalue weighted by molar-refractivity contribution is 0.0733. The highest BCUT2D eigenvalue weighted by Gasteiger charge is 2.14. The van der Waals surface area contributed by atoms with Gasteiger partial charge in [-0.3, -0.25) is 0 Å². The molecule has 98 valence electrons. The molecular weight excluding hydrogens is 236 g/mol. The second-order valence-electron chi connectivity index (χ2n) is 4.98. The van der Waals surface area contributed by atoms with Gasteiger partial charge in [0, 0.05) is 0 Å². The number of carbonyl (C=O) groups is 1. The predicted molar refractivity (Wildman–Crippen MR) is 76.8 cm³/mol. The van der Waals surface area contributed by atoms with Gasteiger partial charge in [-0.25, -0.2) is 4.79 Å². The standard InChI is InChI=1S/C17H18O2/c1-11-8-12(2)10-15(9-11)19-17(18)16-13(3)6-5-7-14(16)4/h5-10H,1-4H3. The van der Waals surface area contributed by atoms with Crippen molar-refractivity contribution in [3.05, 3.63) is 64.2 Å². The van der Waals surface area contributed by atoms with E-state index in [-0.39, 0.29) is 5.97 Å². The molecule has 19 heavy (non-hydrogen) atoms. The molecule has 0 heterocycles. The summed E-state index contributed by atoms with van der Waals surface area (Å²) in [5.41, 5.74) is 4.71. The van der Waals surface area contributed by atoms with E-state index in [0.717, 1.165) is 22.3 Å². The van der Waals surface area contributed by atoms with Crippen LogP contribution in [0.2, 0.25) is 0 Å². The first kappa shape index (κ1) is 13.3. The van der Waals surface area contributed by atoms with E-state index < -0.39 is 0 Å². The monoisotopic (exact) mass is 254 g/mol. The molecule has 2 aromatic rings. The van der Waals surface area contributed by atoms with Crippen LogP contribution < -0.4 is 4.74 Å². The quantitative estimate of drug-likeness (QED) is 0.594. The number of aryl methyl sites for hydroxylation is 4. The highest BCUT2D eigenvalue weighted by atomic mass is 16.5. The summed E-state index contributed by atoms with van der Waals surface area (Å²) in [4.78, 5) is 12.3. The van der Waals surface area contributed by atoms with Crippen LogP contribution in [0.3, 0.4) is 0 Å². The fourth-order valence-corrected chi connectivity index (χ4v) is 2.29. The van der Waals surface area contributed by atoms with Gasteiger partial charge in [0.15, 0.2) is 0 Å². The van der Waals surface area contributed by atoms with Gasteiger partial charge in [0.25, 0.3) is 0 Å². The fourth-order valence-electron chi connectivity index (χ4n) is 2.29. The molecule has 0 aliphatic rings. The van der Waals surface area contributed by atoms with Crippen molar-refractivity contribution in [1.29, 1.82) is 0 Å². The van der Waals surface area contributed by atoms with Crippen molar-refractivity contribution in [3.63, 3.8) is 0 Å². The normalized spacial score (nSPS) is 10.3. The van der Waals surface area contributed by atoms with E-state index in [9.17, 15) is 4.79 Å². The third kappa shape index (κ3) is 3.02. The van der Waals surface area contributed by atoms with Crippen LogP contribution >= 0.6 is 0 Å². The van der Waals surface area contributed by atoms with Crippen LogP contribution in [0.4, 0.5) is 0 Å². The van der Waals surface area contributed by atoms with Crippen LogP contribution in [0.1, 0.15) is 32.6 Å². The minimum absolute atomic E-state index is 0.291. The van der Waals surface area contributed by atoms with Crippen molar-refractivity contribution in [3.8, 4) is 5.75 Å². The summed E-state index contributed by atoms with van der Waals surface area (Å²) in [5.74, 6) is 0.311. The summed E-state index contributed by atoms with van der Waals surface area (Å²) in [7, 11) is 0. The van der Waals surface area contributed by atoms with Crippen molar-refractivity contribution in [2.75, 3.05) is 0 Å². The zero-order valence-corrected chi connectivity index (χ0v) is 11.8. The van der Waals surface area contributed by atoms with Crippen molar-refractivity contribution in [2.45, 2.75) is 27.7 Å². The average molecular weight is 254 g/mol. The van der Waals surface area contributed by atoms with Crippen LogP contribution in [0, 0.1) is 27.7 Å². The Kier molecular flexibility index (Phi) is 3.70. The Labute approximate surface area is 114 Å². The van der Waals surface area contributed by atoms with E-state index in [0.29, 0.717) is 11.3 Å². The summed E-state index contributed by atoms with van der Waals surface area (Å²) >= 11 is 0. The SMILES string of the molecule is Cc1cc(C)cc(OC(=O)c2c(C)cccc2C)c1. The highest BCUT2D eigenvalue weighted by molar-refractivity contribution is 5.94. The molecule has 0 amide bonds. The van der Waals surface area contributed by atoms with Crippen molar-refractivity contribution in [2.24, 2.45) is 0 Å². The third-order valence-corrected chi connectivity index (χ3v) is 3.09. The maximum atomic E-state index is 12.3. The topological polar surface area (TPSA) is 26.3 Å². The predicted octanol–water partition coefficient (Wildman–Crippen LogP) is 4.14. The number of hydrogen-bond acceptors (Lipinski definition) is 2. The van der Waals surface area contributed by atoms with Crippen molar-refractivity contribution in [1.82, 2.24) is 0 Å². The zero-order valence-electron chi connectivity index (χ0n) is 11.8. The number of carbonyl (C=O) groups excluding carboxylic acids is 1. The van der Waals surface area contributed by atoms with Gasteiger partial charge < -0.3 is 4.74 Å². The Morgan fingerprint density at radius 3 is 1.95 bits per heavy atom. The minimum Gasteiger partial charge on any atom is -0.423 e. The minimum atomic E-state index is -0.291. The molecular formula is C17H18O2. The molecule has 0 spiro atoms.